The Bertz CT molecular complexity index is 489. The van der Waals surface area contributed by atoms with Crippen LogP contribution in [0.15, 0.2) is 24.3 Å². The first kappa shape index (κ1) is 13.8. The Kier molecular flexibility index (Phi) is 3.71. The van der Waals surface area contributed by atoms with Gasteiger partial charge in [0, 0.05) is 12.7 Å². The fraction of sp³-hybridized carbons (Fsp3) is 0.500. The summed E-state index contributed by atoms with van der Waals surface area (Å²) in [7, 11) is -1.76. The van der Waals surface area contributed by atoms with Crippen molar-refractivity contribution in [1.29, 1.82) is 0 Å². The summed E-state index contributed by atoms with van der Waals surface area (Å²) in [5.74, 6) is 0.102. The van der Waals surface area contributed by atoms with Crippen molar-refractivity contribution in [3.63, 3.8) is 0 Å². The van der Waals surface area contributed by atoms with Crippen molar-refractivity contribution in [3.8, 4) is 0 Å². The molecule has 1 rings (SSSR count). The number of nitrogens with zero attached hydrogens (tertiary/aromatic N) is 1. The smallest absolute Gasteiger partial charge is 0.235 e. The molecule has 0 spiro atoms. The molecule has 0 fully saturated rings. The zero-order valence-electron chi connectivity index (χ0n) is 10.8. The van der Waals surface area contributed by atoms with Gasteiger partial charge in [0.2, 0.25) is 10.0 Å². The van der Waals surface area contributed by atoms with Gasteiger partial charge in [-0.3, -0.25) is 4.31 Å². The molecule has 5 heteroatoms. The third kappa shape index (κ3) is 3.93. The summed E-state index contributed by atoms with van der Waals surface area (Å²) in [6, 6.07) is 6.86. The number of rotatable bonds is 3. The largest absolute Gasteiger partial charge is 0.399 e. The summed E-state index contributed by atoms with van der Waals surface area (Å²) in [6.07, 6.45) is 0. The van der Waals surface area contributed by atoms with Crippen LogP contribution in [-0.4, -0.2) is 21.2 Å². The van der Waals surface area contributed by atoms with Crippen molar-refractivity contribution in [3.05, 3.63) is 24.3 Å². The first-order valence-corrected chi connectivity index (χ1v) is 7.05. The molecule has 0 heterocycles. The minimum atomic E-state index is -3.31. The molecule has 0 radical (unpaired) electrons. The maximum absolute atomic E-state index is 12.1. The van der Waals surface area contributed by atoms with E-state index in [1.807, 2.05) is 20.8 Å². The number of hydrogen-bond donors (Lipinski definition) is 1. The maximum Gasteiger partial charge on any atom is 0.235 e. The predicted octanol–water partition coefficient (Wildman–Crippen LogP) is 2.08. The third-order valence-electron chi connectivity index (χ3n) is 2.27. The van der Waals surface area contributed by atoms with Crippen LogP contribution in [0.4, 0.5) is 11.4 Å². The van der Waals surface area contributed by atoms with E-state index in [2.05, 4.69) is 0 Å². The standard InChI is InChI=1S/C12H20N2O2S/c1-12(2,3)9-17(15,16)14(4)11-7-5-6-10(13)8-11/h5-8H,9,13H2,1-4H3. The molecule has 0 aliphatic rings. The Hall–Kier alpha value is -1.23. The minimum Gasteiger partial charge on any atom is -0.399 e. The highest BCUT2D eigenvalue weighted by Gasteiger charge is 2.25. The summed E-state index contributed by atoms with van der Waals surface area (Å²) in [4.78, 5) is 0. The van der Waals surface area contributed by atoms with E-state index < -0.39 is 10.0 Å². The number of hydrogen-bond acceptors (Lipinski definition) is 3. The van der Waals surface area contributed by atoms with Crippen molar-refractivity contribution in [2.75, 3.05) is 22.8 Å². The summed E-state index contributed by atoms with van der Waals surface area (Å²) in [5.41, 5.74) is 6.52. The van der Waals surface area contributed by atoms with Gasteiger partial charge >= 0.3 is 0 Å². The van der Waals surface area contributed by atoms with E-state index >= 15 is 0 Å². The summed E-state index contributed by atoms with van der Waals surface area (Å²) < 4.78 is 25.6. The second-order valence-electron chi connectivity index (χ2n) is 5.38. The lowest BCUT2D eigenvalue weighted by Gasteiger charge is -2.25. The van der Waals surface area contributed by atoms with Crippen LogP contribution >= 0.6 is 0 Å². The molecule has 0 atom stereocenters. The van der Waals surface area contributed by atoms with Crippen LogP contribution in [0.25, 0.3) is 0 Å². The van der Waals surface area contributed by atoms with Gasteiger partial charge in [-0.2, -0.15) is 0 Å². The van der Waals surface area contributed by atoms with E-state index in [4.69, 9.17) is 5.73 Å². The van der Waals surface area contributed by atoms with Crippen LogP contribution in [0.5, 0.6) is 0 Å². The fourth-order valence-corrected chi connectivity index (χ4v) is 3.25. The van der Waals surface area contributed by atoms with Crippen molar-refractivity contribution < 1.29 is 8.42 Å². The molecule has 4 nitrogen and oxygen atoms in total. The van der Waals surface area contributed by atoms with Gasteiger partial charge in [-0.05, 0) is 23.6 Å². The van der Waals surface area contributed by atoms with Crippen LogP contribution in [0.2, 0.25) is 0 Å². The molecular formula is C12H20N2O2S. The first-order valence-electron chi connectivity index (χ1n) is 5.44. The quantitative estimate of drug-likeness (QED) is 0.842. The lowest BCUT2D eigenvalue weighted by molar-refractivity contribution is 0.461. The van der Waals surface area contributed by atoms with Gasteiger partial charge in [-0.15, -0.1) is 0 Å². The van der Waals surface area contributed by atoms with E-state index in [1.165, 1.54) is 4.31 Å². The van der Waals surface area contributed by atoms with Crippen LogP contribution in [0.1, 0.15) is 20.8 Å². The van der Waals surface area contributed by atoms with Crippen LogP contribution in [0, 0.1) is 5.41 Å². The topological polar surface area (TPSA) is 63.4 Å². The van der Waals surface area contributed by atoms with Crippen LogP contribution in [0.3, 0.4) is 0 Å². The molecule has 0 aliphatic heterocycles. The molecule has 17 heavy (non-hydrogen) atoms. The molecule has 0 aromatic heterocycles. The van der Waals surface area contributed by atoms with E-state index in [-0.39, 0.29) is 11.2 Å². The van der Waals surface area contributed by atoms with E-state index in [9.17, 15) is 8.42 Å². The van der Waals surface area contributed by atoms with Crippen molar-refractivity contribution >= 4 is 21.4 Å². The molecule has 0 unspecified atom stereocenters. The van der Waals surface area contributed by atoms with Gasteiger partial charge in [-0.1, -0.05) is 26.8 Å². The molecule has 0 bridgehead atoms. The van der Waals surface area contributed by atoms with Crippen molar-refractivity contribution in [2.45, 2.75) is 20.8 Å². The Balaban J connectivity index is 3.01. The van der Waals surface area contributed by atoms with Crippen LogP contribution in [-0.2, 0) is 10.0 Å². The Morgan fingerprint density at radius 2 is 1.88 bits per heavy atom. The number of nitrogen functional groups attached to an aromatic ring is 1. The molecule has 0 saturated heterocycles. The van der Waals surface area contributed by atoms with Gasteiger partial charge in [-0.25, -0.2) is 8.42 Å². The number of sulfonamides is 1. The fourth-order valence-electron chi connectivity index (χ4n) is 1.53. The lowest BCUT2D eigenvalue weighted by Crippen LogP contribution is -2.34. The second kappa shape index (κ2) is 4.56. The maximum atomic E-state index is 12.1. The van der Waals surface area contributed by atoms with Crippen molar-refractivity contribution in [1.82, 2.24) is 0 Å². The second-order valence-corrected chi connectivity index (χ2v) is 7.38. The third-order valence-corrected chi connectivity index (χ3v) is 4.54. The Morgan fingerprint density at radius 3 is 2.35 bits per heavy atom. The molecule has 2 N–H and O–H groups in total. The Morgan fingerprint density at radius 1 is 1.29 bits per heavy atom. The number of nitrogens with two attached hydrogens (primary N) is 1. The van der Waals surface area contributed by atoms with Gasteiger partial charge in [0.1, 0.15) is 0 Å². The predicted molar refractivity (Wildman–Crippen MR) is 72.5 cm³/mol. The molecule has 96 valence electrons. The molecule has 0 amide bonds. The lowest BCUT2D eigenvalue weighted by atomic mass is 10.0. The summed E-state index contributed by atoms with van der Waals surface area (Å²) >= 11 is 0. The van der Waals surface area contributed by atoms with Gasteiger partial charge in [0.15, 0.2) is 0 Å². The first-order chi connectivity index (χ1) is 7.62. The summed E-state index contributed by atoms with van der Waals surface area (Å²) in [6.45, 7) is 5.70. The highest BCUT2D eigenvalue weighted by Crippen LogP contribution is 2.23. The zero-order valence-corrected chi connectivity index (χ0v) is 11.6. The SMILES string of the molecule is CN(c1cccc(N)c1)S(=O)(=O)CC(C)(C)C. The van der Waals surface area contributed by atoms with Gasteiger partial charge in [0.25, 0.3) is 0 Å². The van der Waals surface area contributed by atoms with E-state index in [0.717, 1.165) is 0 Å². The highest BCUT2D eigenvalue weighted by molar-refractivity contribution is 7.92. The minimum absolute atomic E-state index is 0.102. The zero-order chi connectivity index (χ0) is 13.3. The van der Waals surface area contributed by atoms with Gasteiger partial charge in [0.05, 0.1) is 11.4 Å². The monoisotopic (exact) mass is 256 g/mol. The van der Waals surface area contributed by atoms with Gasteiger partial charge < -0.3 is 5.73 Å². The van der Waals surface area contributed by atoms with Crippen molar-refractivity contribution in [2.24, 2.45) is 5.41 Å². The molecular weight excluding hydrogens is 236 g/mol. The normalized spacial score (nSPS) is 12.5. The average molecular weight is 256 g/mol. The highest BCUT2D eigenvalue weighted by atomic mass is 32.2. The number of anilines is 2. The van der Waals surface area contributed by atoms with Crippen LogP contribution < -0.4 is 10.0 Å². The average Bonchev–Trinajstić information content (AvgIpc) is 2.12. The summed E-state index contributed by atoms with van der Waals surface area (Å²) in [5, 5.41) is 0. The molecule has 0 saturated carbocycles. The molecule has 0 aliphatic carbocycles. The number of benzene rings is 1. The van der Waals surface area contributed by atoms with E-state index in [0.29, 0.717) is 11.4 Å². The molecule has 1 aromatic carbocycles. The molecule has 1 aromatic rings. The van der Waals surface area contributed by atoms with E-state index in [1.54, 1.807) is 31.3 Å². The Labute approximate surface area is 103 Å².